The number of likely N-dealkylation sites (N-methyl/N-ethyl adjacent to an activating group) is 1. The van der Waals surface area contributed by atoms with Gasteiger partial charge >= 0.3 is 0 Å². The van der Waals surface area contributed by atoms with E-state index in [9.17, 15) is 4.79 Å². The third-order valence-corrected chi connectivity index (χ3v) is 6.02. The van der Waals surface area contributed by atoms with Gasteiger partial charge in [-0.1, -0.05) is 43.2 Å². The van der Waals surface area contributed by atoms with E-state index in [-0.39, 0.29) is 0 Å². The predicted octanol–water partition coefficient (Wildman–Crippen LogP) is 3.14. The maximum Gasteiger partial charge on any atom is 0.209 e. The average molecular weight is 344 g/mol. The number of hydrogen-bond acceptors (Lipinski definition) is 3. The van der Waals surface area contributed by atoms with Gasteiger partial charge in [0.1, 0.15) is 0 Å². The summed E-state index contributed by atoms with van der Waals surface area (Å²) in [5.41, 5.74) is 1.47. The van der Waals surface area contributed by atoms with Crippen LogP contribution in [0.25, 0.3) is 0 Å². The standard InChI is InChI=1S/C16H21NO.C5H11NO/c18-12-17-11-10-14(13-6-2-1-3-7-13)15-8-4-5-9-16(15)17;1-6-2-4-7-5-3-6/h1-3,6-7,12,14-16H,4-5,8-11H2;2-5H2,1H3. The summed E-state index contributed by atoms with van der Waals surface area (Å²) in [5, 5.41) is 0. The molecule has 0 spiro atoms. The number of amides is 1. The number of hydrogen-bond donors (Lipinski definition) is 0. The predicted molar refractivity (Wildman–Crippen MR) is 101 cm³/mol. The minimum absolute atomic E-state index is 0.496. The molecule has 138 valence electrons. The first-order valence-electron chi connectivity index (χ1n) is 9.82. The van der Waals surface area contributed by atoms with E-state index in [0.717, 1.165) is 45.7 Å². The minimum Gasteiger partial charge on any atom is -0.379 e. The van der Waals surface area contributed by atoms with E-state index < -0.39 is 0 Å². The zero-order chi connectivity index (χ0) is 17.5. The summed E-state index contributed by atoms with van der Waals surface area (Å²) in [5.74, 6) is 1.34. The zero-order valence-electron chi connectivity index (χ0n) is 15.5. The largest absolute Gasteiger partial charge is 0.379 e. The summed E-state index contributed by atoms with van der Waals surface area (Å²) in [7, 11) is 2.11. The van der Waals surface area contributed by atoms with Crippen molar-refractivity contribution < 1.29 is 9.53 Å². The van der Waals surface area contributed by atoms with Crippen molar-refractivity contribution in [2.45, 2.75) is 44.1 Å². The normalized spacial score (nSPS) is 30.0. The van der Waals surface area contributed by atoms with Crippen LogP contribution in [0.15, 0.2) is 30.3 Å². The number of nitrogens with zero attached hydrogens (tertiary/aromatic N) is 2. The van der Waals surface area contributed by atoms with Crippen LogP contribution < -0.4 is 0 Å². The van der Waals surface area contributed by atoms with Gasteiger partial charge in [-0.3, -0.25) is 4.79 Å². The SMILES string of the molecule is CN1CCOCC1.O=CN1CCC(c2ccccc2)C2CCCCC21. The molecule has 2 saturated heterocycles. The van der Waals surface area contributed by atoms with Gasteiger partial charge in [0.25, 0.3) is 0 Å². The van der Waals surface area contributed by atoms with Crippen molar-refractivity contribution in [3.8, 4) is 0 Å². The molecule has 1 amide bonds. The lowest BCUT2D eigenvalue weighted by atomic mass is 9.69. The molecule has 1 saturated carbocycles. The first kappa shape index (κ1) is 18.4. The molecule has 2 heterocycles. The van der Waals surface area contributed by atoms with E-state index in [1.807, 2.05) is 0 Å². The van der Waals surface area contributed by atoms with Crippen LogP contribution in [0.3, 0.4) is 0 Å². The highest BCUT2D eigenvalue weighted by Gasteiger charge is 2.39. The van der Waals surface area contributed by atoms with E-state index in [0.29, 0.717) is 17.9 Å². The Morgan fingerprint density at radius 3 is 2.36 bits per heavy atom. The summed E-state index contributed by atoms with van der Waals surface area (Å²) in [6, 6.07) is 11.4. The first-order chi connectivity index (χ1) is 12.3. The van der Waals surface area contributed by atoms with Crippen LogP contribution in [0.5, 0.6) is 0 Å². The lowest BCUT2D eigenvalue weighted by molar-refractivity contribution is -0.124. The third kappa shape index (κ3) is 4.83. The number of carbonyl (C=O) groups is 1. The Bertz CT molecular complexity index is 516. The number of benzene rings is 1. The van der Waals surface area contributed by atoms with Crippen molar-refractivity contribution in [3.05, 3.63) is 35.9 Å². The van der Waals surface area contributed by atoms with Crippen molar-refractivity contribution in [3.63, 3.8) is 0 Å². The maximum atomic E-state index is 11.2. The van der Waals surface area contributed by atoms with Crippen LogP contribution in [-0.4, -0.2) is 62.1 Å². The molecule has 1 aromatic rings. The van der Waals surface area contributed by atoms with Crippen molar-refractivity contribution >= 4 is 6.41 Å². The summed E-state index contributed by atoms with van der Waals surface area (Å²) in [4.78, 5) is 15.5. The molecule has 0 bridgehead atoms. The maximum absolute atomic E-state index is 11.2. The summed E-state index contributed by atoms with van der Waals surface area (Å²) >= 11 is 0. The summed E-state index contributed by atoms with van der Waals surface area (Å²) in [6.07, 6.45) is 7.31. The van der Waals surface area contributed by atoms with Gasteiger partial charge in [0.15, 0.2) is 0 Å². The molecular weight excluding hydrogens is 312 g/mol. The molecule has 0 aromatic heterocycles. The Labute approximate surface area is 152 Å². The second kappa shape index (κ2) is 9.35. The fourth-order valence-electron chi connectivity index (χ4n) is 4.59. The molecule has 3 unspecified atom stereocenters. The van der Waals surface area contributed by atoms with Crippen LogP contribution >= 0.6 is 0 Å². The van der Waals surface area contributed by atoms with Crippen LogP contribution in [0, 0.1) is 5.92 Å². The van der Waals surface area contributed by atoms with Gasteiger partial charge in [-0.15, -0.1) is 0 Å². The molecule has 25 heavy (non-hydrogen) atoms. The molecule has 1 aromatic carbocycles. The average Bonchev–Trinajstić information content (AvgIpc) is 2.69. The van der Waals surface area contributed by atoms with Gasteiger partial charge < -0.3 is 14.5 Å². The molecule has 4 rings (SSSR count). The molecular formula is C21H32N2O2. The van der Waals surface area contributed by atoms with E-state index in [1.54, 1.807) is 0 Å². The Kier molecular flexibility index (Phi) is 6.88. The number of morpholine rings is 1. The van der Waals surface area contributed by atoms with Gasteiger partial charge in [-0.2, -0.15) is 0 Å². The molecule has 0 N–H and O–H groups in total. The van der Waals surface area contributed by atoms with Gasteiger partial charge in [0, 0.05) is 25.7 Å². The van der Waals surface area contributed by atoms with Crippen LogP contribution in [0.1, 0.15) is 43.6 Å². The Balaban J connectivity index is 0.000000219. The highest BCUT2D eigenvalue weighted by Crippen LogP contribution is 2.43. The van der Waals surface area contributed by atoms with Crippen LogP contribution in [0.4, 0.5) is 0 Å². The monoisotopic (exact) mass is 344 g/mol. The number of piperidine rings is 1. The van der Waals surface area contributed by atoms with Gasteiger partial charge in [0.05, 0.1) is 13.2 Å². The number of carbonyl (C=O) groups excluding carboxylic acids is 1. The fourth-order valence-corrected chi connectivity index (χ4v) is 4.59. The van der Waals surface area contributed by atoms with Crippen LogP contribution in [-0.2, 0) is 9.53 Å². The fraction of sp³-hybridized carbons (Fsp3) is 0.667. The highest BCUT2D eigenvalue weighted by atomic mass is 16.5. The third-order valence-electron chi connectivity index (χ3n) is 6.02. The van der Waals surface area contributed by atoms with Gasteiger partial charge in [0.2, 0.25) is 6.41 Å². The number of ether oxygens (including phenoxy) is 1. The molecule has 3 atom stereocenters. The summed E-state index contributed by atoms with van der Waals surface area (Å²) in [6.45, 7) is 4.96. The quantitative estimate of drug-likeness (QED) is 0.773. The molecule has 4 nitrogen and oxygen atoms in total. The molecule has 4 heteroatoms. The van der Waals surface area contributed by atoms with Crippen molar-refractivity contribution in [1.29, 1.82) is 0 Å². The Morgan fingerprint density at radius 1 is 1.00 bits per heavy atom. The lowest BCUT2D eigenvalue weighted by Crippen LogP contribution is -2.49. The van der Waals surface area contributed by atoms with E-state index in [4.69, 9.17) is 4.74 Å². The summed E-state index contributed by atoms with van der Waals surface area (Å²) < 4.78 is 5.10. The molecule has 0 radical (unpaired) electrons. The van der Waals surface area contributed by atoms with Crippen molar-refractivity contribution in [1.82, 2.24) is 9.80 Å². The number of fused-ring (bicyclic) bond motifs is 1. The van der Waals surface area contributed by atoms with Gasteiger partial charge in [-0.05, 0) is 43.7 Å². The molecule has 3 fully saturated rings. The topological polar surface area (TPSA) is 32.8 Å². The van der Waals surface area contributed by atoms with E-state index in [1.165, 1.54) is 31.2 Å². The Hall–Kier alpha value is -1.39. The van der Waals surface area contributed by atoms with Crippen molar-refractivity contribution in [2.24, 2.45) is 5.92 Å². The molecule has 1 aliphatic carbocycles. The van der Waals surface area contributed by atoms with Crippen molar-refractivity contribution in [2.75, 3.05) is 39.9 Å². The van der Waals surface area contributed by atoms with Crippen LogP contribution in [0.2, 0.25) is 0 Å². The number of rotatable bonds is 2. The zero-order valence-corrected chi connectivity index (χ0v) is 15.5. The second-order valence-corrected chi connectivity index (χ2v) is 7.58. The minimum atomic E-state index is 0.496. The number of likely N-dealkylation sites (tertiary alicyclic amines) is 1. The lowest BCUT2D eigenvalue weighted by Gasteiger charge is -2.47. The first-order valence-corrected chi connectivity index (χ1v) is 9.82. The van der Waals surface area contributed by atoms with Gasteiger partial charge in [-0.25, -0.2) is 0 Å². The van der Waals surface area contributed by atoms with E-state index >= 15 is 0 Å². The molecule has 3 aliphatic rings. The highest BCUT2D eigenvalue weighted by molar-refractivity contribution is 5.48. The van der Waals surface area contributed by atoms with E-state index in [2.05, 4.69) is 47.2 Å². The second-order valence-electron chi connectivity index (χ2n) is 7.58. The smallest absolute Gasteiger partial charge is 0.209 e. The molecule has 2 aliphatic heterocycles. The Morgan fingerprint density at radius 2 is 1.72 bits per heavy atom.